The van der Waals surface area contributed by atoms with E-state index in [0.717, 1.165) is 28.7 Å². The van der Waals surface area contributed by atoms with Crippen molar-refractivity contribution in [3.05, 3.63) is 98.9 Å². The summed E-state index contributed by atoms with van der Waals surface area (Å²) in [5.41, 5.74) is 10.2. The van der Waals surface area contributed by atoms with Crippen molar-refractivity contribution in [3.8, 4) is 11.1 Å². The quantitative estimate of drug-likeness (QED) is 0.241. The number of carbonyl (C=O) groups excluding carboxylic acids is 1. The summed E-state index contributed by atoms with van der Waals surface area (Å²) in [5.74, 6) is -2.11. The van der Waals surface area contributed by atoms with Gasteiger partial charge in [-0.2, -0.15) is 0 Å². The van der Waals surface area contributed by atoms with Crippen molar-refractivity contribution in [2.75, 3.05) is 5.73 Å². The van der Waals surface area contributed by atoms with Crippen LogP contribution in [-0.2, 0) is 29.0 Å². The molecular formula is C26H19NO6. The summed E-state index contributed by atoms with van der Waals surface area (Å²) < 4.78 is 10.8. The topological polar surface area (TPSA) is 120 Å². The zero-order chi connectivity index (χ0) is 23.1. The fourth-order valence-corrected chi connectivity index (χ4v) is 4.40. The Morgan fingerprint density at radius 1 is 1.03 bits per heavy atom. The van der Waals surface area contributed by atoms with E-state index in [4.69, 9.17) is 14.9 Å². The van der Waals surface area contributed by atoms with Gasteiger partial charge in [-0.1, -0.05) is 42.5 Å². The van der Waals surface area contributed by atoms with Gasteiger partial charge in [-0.3, -0.25) is 4.79 Å². The monoisotopic (exact) mass is 441 g/mol. The number of fused-ring (bicyclic) bond motifs is 4. The SMILES string of the molecule is Nc1ccc2c(CC(=O)O)c(C(=O)OCc3cccc4c3Cc3ccccc3-4)c(=O)oc2c1. The zero-order valence-corrected chi connectivity index (χ0v) is 17.5. The van der Waals surface area contributed by atoms with Gasteiger partial charge in [-0.05, 0) is 51.9 Å². The Kier molecular flexibility index (Phi) is 4.94. The van der Waals surface area contributed by atoms with E-state index in [0.29, 0.717) is 11.1 Å². The summed E-state index contributed by atoms with van der Waals surface area (Å²) in [6.07, 6.45) is 0.190. The molecule has 1 heterocycles. The van der Waals surface area contributed by atoms with Crippen LogP contribution >= 0.6 is 0 Å². The van der Waals surface area contributed by atoms with Crippen LogP contribution in [0.25, 0.3) is 22.1 Å². The molecule has 0 saturated carbocycles. The molecule has 4 aromatic rings. The highest BCUT2D eigenvalue weighted by molar-refractivity contribution is 5.98. The first-order valence-corrected chi connectivity index (χ1v) is 10.4. The number of nitrogens with two attached hydrogens (primary N) is 1. The predicted octanol–water partition coefficient (Wildman–Crippen LogP) is 3.93. The molecule has 7 heteroatoms. The minimum atomic E-state index is -1.19. The standard InChI is InChI=1S/C26H19NO6/c27-16-8-9-19-21(12-23(28)29)24(26(31)33-22(19)11-16)25(30)32-13-15-5-3-7-18-17-6-2-1-4-14(17)10-20(15)18/h1-9,11H,10,12-13,27H2,(H,28,29). The van der Waals surface area contributed by atoms with Gasteiger partial charge in [0, 0.05) is 17.1 Å². The molecule has 5 rings (SSSR count). The third kappa shape index (κ3) is 3.63. The molecule has 164 valence electrons. The maximum atomic E-state index is 13.0. The Bertz CT molecular complexity index is 1500. The third-order valence-corrected chi connectivity index (χ3v) is 5.88. The fourth-order valence-electron chi connectivity index (χ4n) is 4.40. The average Bonchev–Trinajstić information content (AvgIpc) is 3.16. The Labute approximate surface area is 188 Å². The van der Waals surface area contributed by atoms with Crippen LogP contribution in [0.2, 0.25) is 0 Å². The molecule has 1 aliphatic rings. The molecule has 1 aromatic heterocycles. The summed E-state index contributed by atoms with van der Waals surface area (Å²) in [6, 6.07) is 18.4. The summed E-state index contributed by atoms with van der Waals surface area (Å²) in [7, 11) is 0. The van der Waals surface area contributed by atoms with Crippen molar-refractivity contribution >= 4 is 28.6 Å². The molecule has 0 spiro atoms. The number of aliphatic carboxylic acids is 1. The molecule has 33 heavy (non-hydrogen) atoms. The molecule has 0 atom stereocenters. The van der Waals surface area contributed by atoms with Gasteiger partial charge >= 0.3 is 17.6 Å². The molecule has 3 N–H and O–H groups in total. The maximum absolute atomic E-state index is 13.0. The molecule has 0 aliphatic heterocycles. The highest BCUT2D eigenvalue weighted by Gasteiger charge is 2.25. The highest BCUT2D eigenvalue weighted by atomic mass is 16.5. The molecule has 0 radical (unpaired) electrons. The van der Waals surface area contributed by atoms with E-state index in [1.807, 2.05) is 30.3 Å². The first kappa shape index (κ1) is 20.5. The van der Waals surface area contributed by atoms with Crippen molar-refractivity contribution in [1.82, 2.24) is 0 Å². The van der Waals surface area contributed by atoms with Gasteiger partial charge in [0.1, 0.15) is 17.8 Å². The van der Waals surface area contributed by atoms with Crippen molar-refractivity contribution in [2.45, 2.75) is 19.4 Å². The molecular weight excluding hydrogens is 422 g/mol. The van der Waals surface area contributed by atoms with Gasteiger partial charge in [-0.25, -0.2) is 9.59 Å². The summed E-state index contributed by atoms with van der Waals surface area (Å²) in [5, 5.41) is 9.70. The van der Waals surface area contributed by atoms with Crippen LogP contribution in [0.15, 0.2) is 69.9 Å². The summed E-state index contributed by atoms with van der Waals surface area (Å²) in [6.45, 7) is -0.0538. The van der Waals surface area contributed by atoms with Crippen LogP contribution in [0.3, 0.4) is 0 Å². The Balaban J connectivity index is 1.49. The van der Waals surface area contributed by atoms with E-state index in [9.17, 15) is 19.5 Å². The summed E-state index contributed by atoms with van der Waals surface area (Å²) >= 11 is 0. The van der Waals surface area contributed by atoms with E-state index in [2.05, 4.69) is 12.1 Å². The van der Waals surface area contributed by atoms with E-state index in [1.165, 1.54) is 17.7 Å². The lowest BCUT2D eigenvalue weighted by atomic mass is 10.0. The van der Waals surface area contributed by atoms with Gasteiger partial charge in [-0.15, -0.1) is 0 Å². The minimum Gasteiger partial charge on any atom is -0.481 e. The van der Waals surface area contributed by atoms with Gasteiger partial charge < -0.3 is 20.0 Å². The van der Waals surface area contributed by atoms with Crippen molar-refractivity contribution in [2.24, 2.45) is 0 Å². The van der Waals surface area contributed by atoms with E-state index >= 15 is 0 Å². The van der Waals surface area contributed by atoms with Crippen LogP contribution in [0.4, 0.5) is 5.69 Å². The Hall–Kier alpha value is -4.39. The van der Waals surface area contributed by atoms with E-state index in [-0.39, 0.29) is 17.8 Å². The number of nitrogen functional groups attached to an aromatic ring is 1. The Morgan fingerprint density at radius 2 is 1.82 bits per heavy atom. The number of carbonyl (C=O) groups is 2. The Morgan fingerprint density at radius 3 is 2.64 bits per heavy atom. The second kappa shape index (κ2) is 7.94. The highest BCUT2D eigenvalue weighted by Crippen LogP contribution is 2.38. The number of benzene rings is 3. The van der Waals surface area contributed by atoms with E-state index in [1.54, 1.807) is 6.07 Å². The van der Waals surface area contributed by atoms with Crippen molar-refractivity contribution < 1.29 is 23.8 Å². The second-order valence-corrected chi connectivity index (χ2v) is 7.92. The molecule has 0 bridgehead atoms. The maximum Gasteiger partial charge on any atom is 0.351 e. The van der Waals surface area contributed by atoms with Crippen LogP contribution in [0, 0.1) is 0 Å². The predicted molar refractivity (Wildman–Crippen MR) is 122 cm³/mol. The summed E-state index contributed by atoms with van der Waals surface area (Å²) in [4.78, 5) is 37.1. The fraction of sp³-hybridized carbons (Fsp3) is 0.115. The van der Waals surface area contributed by atoms with Crippen LogP contribution < -0.4 is 11.4 Å². The number of anilines is 1. The first-order valence-electron chi connectivity index (χ1n) is 10.4. The van der Waals surface area contributed by atoms with Gasteiger partial charge in [0.2, 0.25) is 0 Å². The number of hydrogen-bond donors (Lipinski definition) is 2. The minimum absolute atomic E-state index is 0.0458. The van der Waals surface area contributed by atoms with Crippen molar-refractivity contribution in [3.63, 3.8) is 0 Å². The van der Waals surface area contributed by atoms with Gasteiger partial charge in [0.05, 0.1) is 6.42 Å². The smallest absolute Gasteiger partial charge is 0.351 e. The number of ether oxygens (including phenoxy) is 1. The molecule has 0 saturated heterocycles. The third-order valence-electron chi connectivity index (χ3n) is 5.88. The number of esters is 1. The zero-order valence-electron chi connectivity index (χ0n) is 17.5. The largest absolute Gasteiger partial charge is 0.481 e. The number of carboxylic acid groups (broad SMARTS) is 1. The number of rotatable bonds is 5. The van der Waals surface area contributed by atoms with Crippen molar-refractivity contribution in [1.29, 1.82) is 0 Å². The van der Waals surface area contributed by atoms with Crippen LogP contribution in [0.1, 0.15) is 32.6 Å². The molecule has 1 aliphatic carbocycles. The number of hydrogen-bond acceptors (Lipinski definition) is 6. The van der Waals surface area contributed by atoms with Crippen LogP contribution in [-0.4, -0.2) is 17.0 Å². The molecule has 0 amide bonds. The first-order chi connectivity index (χ1) is 15.9. The number of carboxylic acids is 1. The van der Waals surface area contributed by atoms with E-state index < -0.39 is 29.5 Å². The normalized spacial score (nSPS) is 11.8. The van der Waals surface area contributed by atoms with Gasteiger partial charge in [0.25, 0.3) is 0 Å². The lowest BCUT2D eigenvalue weighted by Gasteiger charge is -2.12. The molecule has 3 aromatic carbocycles. The molecule has 7 nitrogen and oxygen atoms in total. The average molecular weight is 441 g/mol. The molecule has 0 unspecified atom stereocenters. The van der Waals surface area contributed by atoms with Gasteiger partial charge in [0.15, 0.2) is 0 Å². The lowest BCUT2D eigenvalue weighted by Crippen LogP contribution is -2.21. The lowest BCUT2D eigenvalue weighted by molar-refractivity contribution is -0.136. The molecule has 0 fully saturated rings. The second-order valence-electron chi connectivity index (χ2n) is 7.92. The van der Waals surface area contributed by atoms with Crippen LogP contribution in [0.5, 0.6) is 0 Å².